The van der Waals surface area contributed by atoms with Crippen molar-refractivity contribution in [1.29, 1.82) is 0 Å². The number of ether oxygens (including phenoxy) is 1. The summed E-state index contributed by atoms with van der Waals surface area (Å²) in [6, 6.07) is 6.47. The summed E-state index contributed by atoms with van der Waals surface area (Å²) in [6.07, 6.45) is 0.872. The maximum Gasteiger partial charge on any atom is 0.335 e. The van der Waals surface area contributed by atoms with Crippen LogP contribution in [0.2, 0.25) is 0 Å². The minimum atomic E-state index is -0.977. The van der Waals surface area contributed by atoms with E-state index in [-0.39, 0.29) is 11.5 Å². The van der Waals surface area contributed by atoms with E-state index >= 15 is 0 Å². The molecule has 1 aromatic heterocycles. The summed E-state index contributed by atoms with van der Waals surface area (Å²) >= 11 is 0. The van der Waals surface area contributed by atoms with Crippen LogP contribution >= 0.6 is 0 Å². The first-order valence-corrected chi connectivity index (χ1v) is 5.99. The predicted molar refractivity (Wildman–Crippen MR) is 64.9 cm³/mol. The van der Waals surface area contributed by atoms with Crippen LogP contribution in [-0.4, -0.2) is 34.4 Å². The highest BCUT2D eigenvalue weighted by Crippen LogP contribution is 2.26. The van der Waals surface area contributed by atoms with Crippen LogP contribution in [0.25, 0.3) is 11.4 Å². The Morgan fingerprint density at radius 3 is 3.05 bits per heavy atom. The van der Waals surface area contributed by atoms with Gasteiger partial charge in [0.05, 0.1) is 18.1 Å². The largest absolute Gasteiger partial charge is 0.478 e. The molecule has 1 aliphatic rings. The summed E-state index contributed by atoms with van der Waals surface area (Å²) in [5.74, 6) is 0.122. The zero-order chi connectivity index (χ0) is 13.2. The van der Waals surface area contributed by atoms with Gasteiger partial charge in [0.15, 0.2) is 0 Å². The molecule has 2 aromatic rings. The van der Waals surface area contributed by atoms with Crippen molar-refractivity contribution in [2.75, 3.05) is 13.2 Å². The van der Waals surface area contributed by atoms with E-state index in [1.807, 2.05) is 0 Å². The first kappa shape index (κ1) is 11.9. The molecule has 0 bridgehead atoms. The van der Waals surface area contributed by atoms with Gasteiger partial charge >= 0.3 is 5.97 Å². The molecule has 19 heavy (non-hydrogen) atoms. The minimum Gasteiger partial charge on any atom is -0.478 e. The van der Waals surface area contributed by atoms with Crippen LogP contribution < -0.4 is 0 Å². The van der Waals surface area contributed by atoms with Gasteiger partial charge in [-0.3, -0.25) is 0 Å². The van der Waals surface area contributed by atoms with E-state index in [4.69, 9.17) is 14.4 Å². The maximum atomic E-state index is 10.9. The van der Waals surface area contributed by atoms with Gasteiger partial charge in [-0.1, -0.05) is 17.3 Å². The van der Waals surface area contributed by atoms with Crippen molar-refractivity contribution in [1.82, 2.24) is 10.1 Å². The van der Waals surface area contributed by atoms with Crippen molar-refractivity contribution in [3.63, 3.8) is 0 Å². The molecule has 1 fully saturated rings. The number of hydrogen-bond acceptors (Lipinski definition) is 5. The van der Waals surface area contributed by atoms with Gasteiger partial charge in [-0.25, -0.2) is 4.79 Å². The number of aromatic carboxylic acids is 1. The Balaban J connectivity index is 1.89. The molecule has 6 heteroatoms. The van der Waals surface area contributed by atoms with E-state index in [0.29, 0.717) is 30.5 Å². The average Bonchev–Trinajstić information content (AvgIpc) is 3.09. The number of carboxylic acid groups (broad SMARTS) is 1. The van der Waals surface area contributed by atoms with Gasteiger partial charge in [-0.05, 0) is 18.6 Å². The lowest BCUT2D eigenvalue weighted by Gasteiger charge is -1.98. The summed E-state index contributed by atoms with van der Waals surface area (Å²) < 4.78 is 10.5. The molecule has 2 heterocycles. The van der Waals surface area contributed by atoms with Crippen molar-refractivity contribution in [3.8, 4) is 11.4 Å². The Morgan fingerprint density at radius 1 is 1.42 bits per heavy atom. The third kappa shape index (κ3) is 2.34. The van der Waals surface area contributed by atoms with Crippen LogP contribution in [0.3, 0.4) is 0 Å². The molecule has 0 spiro atoms. The Labute approximate surface area is 109 Å². The van der Waals surface area contributed by atoms with Crippen LogP contribution in [0, 0.1) is 0 Å². The van der Waals surface area contributed by atoms with Crippen molar-refractivity contribution >= 4 is 5.97 Å². The lowest BCUT2D eigenvalue weighted by Crippen LogP contribution is -1.98. The number of aromatic nitrogens is 2. The topological polar surface area (TPSA) is 85.5 Å². The number of rotatable bonds is 3. The Morgan fingerprint density at radius 2 is 2.32 bits per heavy atom. The molecule has 1 saturated heterocycles. The number of carbonyl (C=O) groups is 1. The van der Waals surface area contributed by atoms with Gasteiger partial charge in [0.1, 0.15) is 0 Å². The second-order valence-electron chi connectivity index (χ2n) is 4.40. The van der Waals surface area contributed by atoms with Crippen LogP contribution in [0.5, 0.6) is 0 Å². The fourth-order valence-electron chi connectivity index (χ4n) is 2.04. The molecule has 1 aliphatic heterocycles. The second kappa shape index (κ2) is 4.81. The molecule has 6 nitrogen and oxygen atoms in total. The number of nitrogens with zero attached hydrogens (tertiary/aromatic N) is 2. The van der Waals surface area contributed by atoms with E-state index in [2.05, 4.69) is 10.1 Å². The highest BCUT2D eigenvalue weighted by atomic mass is 16.5. The van der Waals surface area contributed by atoms with Gasteiger partial charge in [-0.15, -0.1) is 0 Å². The highest BCUT2D eigenvalue weighted by Gasteiger charge is 2.24. The molecule has 0 amide bonds. The monoisotopic (exact) mass is 260 g/mol. The van der Waals surface area contributed by atoms with Crippen molar-refractivity contribution < 1.29 is 19.2 Å². The van der Waals surface area contributed by atoms with E-state index in [0.717, 1.165) is 6.42 Å². The van der Waals surface area contributed by atoms with E-state index in [1.165, 1.54) is 12.1 Å². The van der Waals surface area contributed by atoms with Crippen molar-refractivity contribution in [3.05, 3.63) is 35.7 Å². The zero-order valence-corrected chi connectivity index (χ0v) is 10.1. The van der Waals surface area contributed by atoms with E-state index in [1.54, 1.807) is 12.1 Å². The van der Waals surface area contributed by atoms with Crippen molar-refractivity contribution in [2.24, 2.45) is 0 Å². The second-order valence-corrected chi connectivity index (χ2v) is 4.40. The van der Waals surface area contributed by atoms with Crippen molar-refractivity contribution in [2.45, 2.75) is 12.3 Å². The molecule has 0 saturated carbocycles. The Kier molecular flexibility index (Phi) is 3.00. The standard InChI is InChI=1S/C13H12N2O4/c16-13(17)9-3-1-2-8(6-9)11-14-12(19-15-11)10-4-5-18-7-10/h1-3,6,10H,4-5,7H2,(H,16,17). The molecule has 1 atom stereocenters. The predicted octanol–water partition coefficient (Wildman–Crippen LogP) is 1.94. The van der Waals surface area contributed by atoms with Gasteiger partial charge in [0.25, 0.3) is 0 Å². The Bertz CT molecular complexity index is 602. The lowest BCUT2D eigenvalue weighted by molar-refractivity contribution is 0.0697. The van der Waals surface area contributed by atoms with Gasteiger partial charge < -0.3 is 14.4 Å². The quantitative estimate of drug-likeness (QED) is 0.907. The molecule has 0 radical (unpaired) electrons. The average molecular weight is 260 g/mol. The summed E-state index contributed by atoms with van der Waals surface area (Å²) in [5.41, 5.74) is 0.835. The number of benzene rings is 1. The van der Waals surface area contributed by atoms with Crippen LogP contribution in [-0.2, 0) is 4.74 Å². The lowest BCUT2D eigenvalue weighted by atomic mass is 10.1. The summed E-state index contributed by atoms with van der Waals surface area (Å²) in [5, 5.41) is 12.9. The third-order valence-corrected chi connectivity index (χ3v) is 3.09. The Hall–Kier alpha value is -2.21. The molecular weight excluding hydrogens is 248 g/mol. The van der Waals surface area contributed by atoms with Crippen LogP contribution in [0.15, 0.2) is 28.8 Å². The zero-order valence-electron chi connectivity index (χ0n) is 10.1. The first-order valence-electron chi connectivity index (χ1n) is 5.99. The number of hydrogen-bond donors (Lipinski definition) is 1. The molecule has 0 aliphatic carbocycles. The van der Waals surface area contributed by atoms with E-state index in [9.17, 15) is 4.79 Å². The third-order valence-electron chi connectivity index (χ3n) is 3.09. The maximum absolute atomic E-state index is 10.9. The number of carboxylic acids is 1. The van der Waals surface area contributed by atoms with E-state index < -0.39 is 5.97 Å². The van der Waals surface area contributed by atoms with Crippen LogP contribution in [0.4, 0.5) is 0 Å². The van der Waals surface area contributed by atoms with Gasteiger partial charge in [0, 0.05) is 12.2 Å². The normalized spacial score (nSPS) is 18.6. The highest BCUT2D eigenvalue weighted by molar-refractivity contribution is 5.89. The minimum absolute atomic E-state index is 0.143. The molecule has 98 valence electrons. The first-order chi connectivity index (χ1) is 9.24. The smallest absolute Gasteiger partial charge is 0.335 e. The summed E-state index contributed by atoms with van der Waals surface area (Å²) in [4.78, 5) is 15.2. The SMILES string of the molecule is O=C(O)c1cccc(-c2noc(C3CCOC3)n2)c1. The molecule has 1 N–H and O–H groups in total. The summed E-state index contributed by atoms with van der Waals surface area (Å²) in [7, 11) is 0. The molecule has 1 aromatic carbocycles. The fraction of sp³-hybridized carbons (Fsp3) is 0.308. The van der Waals surface area contributed by atoms with Gasteiger partial charge in [0.2, 0.25) is 11.7 Å². The molecule has 1 unspecified atom stereocenters. The van der Waals surface area contributed by atoms with Crippen LogP contribution in [0.1, 0.15) is 28.6 Å². The van der Waals surface area contributed by atoms with Gasteiger partial charge in [-0.2, -0.15) is 4.98 Å². The molecular formula is C13H12N2O4. The summed E-state index contributed by atoms with van der Waals surface area (Å²) in [6.45, 7) is 1.30. The fourth-order valence-corrected chi connectivity index (χ4v) is 2.04. The molecule has 3 rings (SSSR count).